The molecule has 0 spiro atoms. The van der Waals surface area contributed by atoms with Crippen molar-refractivity contribution in [3.8, 4) is 5.75 Å². The molecular weight excluding hydrogens is 252 g/mol. The summed E-state index contributed by atoms with van der Waals surface area (Å²) in [7, 11) is -0.675. The molecule has 100 valence electrons. The van der Waals surface area contributed by atoms with Gasteiger partial charge >= 0.3 is 0 Å². The van der Waals surface area contributed by atoms with Gasteiger partial charge in [0.2, 0.25) is 0 Å². The summed E-state index contributed by atoms with van der Waals surface area (Å²) in [5.41, 5.74) is 1.02. The Kier molecular flexibility index (Phi) is 4.01. The molecule has 0 unspecified atom stereocenters. The highest BCUT2D eigenvalue weighted by Crippen LogP contribution is 2.45. The summed E-state index contributed by atoms with van der Waals surface area (Å²) in [6, 6.07) is 18.2. The van der Waals surface area contributed by atoms with Gasteiger partial charge < -0.3 is 4.74 Å². The van der Waals surface area contributed by atoms with E-state index in [0.717, 1.165) is 11.3 Å². The Morgan fingerprint density at radius 1 is 0.895 bits per heavy atom. The third-order valence-corrected chi connectivity index (χ3v) is 4.55. The second-order valence-electron chi connectivity index (χ2n) is 5.20. The summed E-state index contributed by atoms with van der Waals surface area (Å²) >= 11 is 0. The Labute approximate surface area is 117 Å². The van der Waals surface area contributed by atoms with Crippen LogP contribution in [-0.2, 0) is 0 Å². The van der Waals surface area contributed by atoms with Gasteiger partial charge in [0, 0.05) is 5.56 Å². The number of ether oxygens (including phenoxy) is 1. The average molecular weight is 272 g/mol. The van der Waals surface area contributed by atoms with E-state index in [1.807, 2.05) is 30.3 Å². The summed E-state index contributed by atoms with van der Waals surface area (Å²) in [6.45, 7) is 4.00. The van der Waals surface area contributed by atoms with Crippen molar-refractivity contribution < 1.29 is 4.74 Å². The monoisotopic (exact) mass is 272 g/mol. The Hall–Kier alpha value is -1.67. The average Bonchev–Trinajstić information content (AvgIpc) is 2.39. The second kappa shape index (κ2) is 5.54. The summed E-state index contributed by atoms with van der Waals surface area (Å²) in [4.78, 5) is 1.39. The molecule has 2 aromatic carbocycles. The third kappa shape index (κ3) is 3.65. The lowest BCUT2D eigenvalue weighted by Crippen LogP contribution is -1.96. The molecule has 2 rings (SSSR count). The maximum Gasteiger partial charge on any atom is 0.127 e. The van der Waals surface area contributed by atoms with E-state index in [9.17, 15) is 0 Å². The fraction of sp³-hybridized carbons (Fsp3) is 0.176. The van der Waals surface area contributed by atoms with Crippen molar-refractivity contribution in [3.05, 3.63) is 66.7 Å². The molecule has 0 saturated carbocycles. The van der Waals surface area contributed by atoms with Crippen molar-refractivity contribution in [1.82, 2.24) is 0 Å². The Bertz CT molecular complexity index is 550. The van der Waals surface area contributed by atoms with E-state index in [2.05, 4.69) is 49.6 Å². The molecule has 0 aromatic heterocycles. The van der Waals surface area contributed by atoms with Crippen LogP contribution in [0.5, 0.6) is 5.75 Å². The summed E-state index contributed by atoms with van der Waals surface area (Å²) in [6.07, 6.45) is 6.87. The molecular formula is C17H20OS. The lowest BCUT2D eigenvalue weighted by molar-refractivity contribution is 0.516. The Morgan fingerprint density at radius 3 is 2.00 bits per heavy atom. The van der Waals surface area contributed by atoms with E-state index < -0.39 is 10.0 Å². The van der Waals surface area contributed by atoms with Crippen LogP contribution in [0.1, 0.15) is 5.56 Å². The smallest absolute Gasteiger partial charge is 0.127 e. The predicted molar refractivity (Wildman–Crippen MR) is 86.2 cm³/mol. The van der Waals surface area contributed by atoms with Crippen LogP contribution in [0.15, 0.2) is 66.1 Å². The highest BCUT2D eigenvalue weighted by atomic mass is 32.3. The van der Waals surface area contributed by atoms with Crippen LogP contribution < -0.4 is 4.74 Å². The molecule has 0 atom stereocenters. The van der Waals surface area contributed by atoms with Crippen molar-refractivity contribution in [2.24, 2.45) is 0 Å². The molecule has 0 fully saturated rings. The van der Waals surface area contributed by atoms with Crippen molar-refractivity contribution in [2.45, 2.75) is 4.90 Å². The molecule has 0 N–H and O–H groups in total. The number of rotatable bonds is 4. The van der Waals surface area contributed by atoms with Crippen LogP contribution >= 0.6 is 10.0 Å². The minimum Gasteiger partial charge on any atom is -0.457 e. The Balaban J connectivity index is 2.12. The van der Waals surface area contributed by atoms with E-state index in [-0.39, 0.29) is 0 Å². The SMILES string of the molecule is C=C(Oc1ccccc1)c1ccc(S(C)(C)C)cc1. The zero-order valence-electron chi connectivity index (χ0n) is 11.7. The largest absolute Gasteiger partial charge is 0.457 e. The minimum atomic E-state index is -0.675. The number of hydrogen-bond acceptors (Lipinski definition) is 1. The quantitative estimate of drug-likeness (QED) is 0.727. The number of hydrogen-bond donors (Lipinski definition) is 0. The topological polar surface area (TPSA) is 9.23 Å². The highest BCUT2D eigenvalue weighted by molar-refractivity contribution is 8.32. The van der Waals surface area contributed by atoms with Gasteiger partial charge in [-0.2, -0.15) is 0 Å². The first-order valence-corrected chi connectivity index (χ1v) is 9.03. The predicted octanol–water partition coefficient (Wildman–Crippen LogP) is 4.79. The van der Waals surface area contributed by atoms with Crippen LogP contribution in [0, 0.1) is 0 Å². The van der Waals surface area contributed by atoms with Gasteiger partial charge in [0.25, 0.3) is 0 Å². The van der Waals surface area contributed by atoms with Crippen LogP contribution in [-0.4, -0.2) is 18.8 Å². The summed E-state index contributed by atoms with van der Waals surface area (Å²) < 4.78 is 5.74. The molecule has 0 bridgehead atoms. The van der Waals surface area contributed by atoms with Gasteiger partial charge in [-0.3, -0.25) is 0 Å². The van der Waals surface area contributed by atoms with E-state index in [0.29, 0.717) is 5.76 Å². The lowest BCUT2D eigenvalue weighted by Gasteiger charge is -2.25. The second-order valence-corrected chi connectivity index (χ2v) is 9.35. The van der Waals surface area contributed by atoms with Crippen LogP contribution in [0.25, 0.3) is 5.76 Å². The first kappa shape index (κ1) is 13.8. The molecule has 0 radical (unpaired) electrons. The van der Waals surface area contributed by atoms with Gasteiger partial charge in [0.15, 0.2) is 0 Å². The van der Waals surface area contributed by atoms with Crippen LogP contribution in [0.2, 0.25) is 0 Å². The number of benzene rings is 2. The number of para-hydroxylation sites is 1. The standard InChI is InChI=1S/C17H20OS/c1-14(18-16-8-6-5-7-9-16)15-10-12-17(13-11-15)19(2,3)4/h5-13H,1H2,2-4H3. The van der Waals surface area contributed by atoms with Gasteiger partial charge in [0.1, 0.15) is 11.5 Å². The molecule has 1 nitrogen and oxygen atoms in total. The van der Waals surface area contributed by atoms with E-state index in [4.69, 9.17) is 4.74 Å². The molecule has 0 amide bonds. The maximum absolute atomic E-state index is 5.74. The molecule has 0 aliphatic heterocycles. The third-order valence-electron chi connectivity index (χ3n) is 2.87. The molecule has 0 heterocycles. The van der Waals surface area contributed by atoms with Gasteiger partial charge in [-0.05, 0) is 47.9 Å². The molecule has 0 saturated heterocycles. The lowest BCUT2D eigenvalue weighted by atomic mass is 10.2. The molecule has 0 aliphatic rings. The van der Waals surface area contributed by atoms with Crippen molar-refractivity contribution in [3.63, 3.8) is 0 Å². The fourth-order valence-electron chi connectivity index (χ4n) is 1.74. The first-order valence-electron chi connectivity index (χ1n) is 6.17. The first-order chi connectivity index (χ1) is 8.97. The summed E-state index contributed by atoms with van der Waals surface area (Å²) in [5, 5.41) is 0. The zero-order chi connectivity index (χ0) is 13.9. The van der Waals surface area contributed by atoms with Crippen LogP contribution in [0.4, 0.5) is 0 Å². The van der Waals surface area contributed by atoms with Gasteiger partial charge in [-0.25, -0.2) is 10.0 Å². The van der Waals surface area contributed by atoms with E-state index in [1.54, 1.807) is 0 Å². The molecule has 2 aromatic rings. The summed E-state index contributed by atoms with van der Waals surface area (Å²) in [5.74, 6) is 1.50. The van der Waals surface area contributed by atoms with Crippen molar-refractivity contribution >= 4 is 15.8 Å². The fourth-order valence-corrected chi connectivity index (χ4v) is 2.69. The Morgan fingerprint density at radius 2 is 1.47 bits per heavy atom. The van der Waals surface area contributed by atoms with Gasteiger partial charge in [-0.15, -0.1) is 0 Å². The van der Waals surface area contributed by atoms with E-state index in [1.165, 1.54) is 4.90 Å². The minimum absolute atomic E-state index is 0.675. The highest BCUT2D eigenvalue weighted by Gasteiger charge is 2.08. The van der Waals surface area contributed by atoms with Crippen molar-refractivity contribution in [1.29, 1.82) is 0 Å². The van der Waals surface area contributed by atoms with Crippen molar-refractivity contribution in [2.75, 3.05) is 18.8 Å². The molecule has 2 heteroatoms. The maximum atomic E-state index is 5.74. The van der Waals surface area contributed by atoms with E-state index >= 15 is 0 Å². The zero-order valence-corrected chi connectivity index (χ0v) is 12.5. The normalized spacial score (nSPS) is 11.9. The van der Waals surface area contributed by atoms with Crippen LogP contribution in [0.3, 0.4) is 0 Å². The van der Waals surface area contributed by atoms with Gasteiger partial charge in [-0.1, -0.05) is 36.9 Å². The molecule has 19 heavy (non-hydrogen) atoms. The molecule has 0 aliphatic carbocycles. The van der Waals surface area contributed by atoms with Gasteiger partial charge in [0.05, 0.1) is 0 Å².